The molecule has 1 aliphatic carbocycles. The number of benzene rings is 1. The molecule has 0 bridgehead atoms. The maximum absolute atomic E-state index is 13.1. The van der Waals surface area contributed by atoms with Crippen LogP contribution in [-0.4, -0.2) is 10.9 Å². The van der Waals surface area contributed by atoms with E-state index in [1.165, 1.54) is 18.2 Å². The first-order valence-corrected chi connectivity index (χ1v) is 6.81. The van der Waals surface area contributed by atoms with Crippen molar-refractivity contribution in [2.45, 2.75) is 25.7 Å². The molecule has 1 saturated carbocycles. The Labute approximate surface area is 121 Å². The summed E-state index contributed by atoms with van der Waals surface area (Å²) in [5.41, 5.74) is 5.39. The first-order valence-electron chi connectivity index (χ1n) is 6.02. The number of hydrogen-bond donors (Lipinski definition) is 2. The second kappa shape index (κ2) is 5.43. The molecule has 1 amide bonds. The van der Waals surface area contributed by atoms with Gasteiger partial charge in [0.05, 0.1) is 15.4 Å². The van der Waals surface area contributed by atoms with Gasteiger partial charge in [-0.15, -0.1) is 0 Å². The summed E-state index contributed by atoms with van der Waals surface area (Å²) in [6, 6.07) is 4.04. The second-order valence-electron chi connectivity index (χ2n) is 4.74. The minimum atomic E-state index is -0.782. The number of carbonyl (C=O) groups excluding carboxylic acids is 1. The van der Waals surface area contributed by atoms with Crippen LogP contribution < -0.4 is 11.1 Å². The first kappa shape index (κ1) is 14.2. The summed E-state index contributed by atoms with van der Waals surface area (Å²) in [5, 5.41) is 2.68. The van der Waals surface area contributed by atoms with Crippen LogP contribution in [0.4, 0.5) is 10.1 Å². The zero-order valence-electron chi connectivity index (χ0n) is 10.2. The molecule has 0 unspecified atom stereocenters. The number of hydrogen-bond acceptors (Lipinski definition) is 2. The fourth-order valence-electron chi connectivity index (χ4n) is 2.39. The van der Waals surface area contributed by atoms with Crippen LogP contribution in [0.1, 0.15) is 25.7 Å². The van der Waals surface area contributed by atoms with Crippen molar-refractivity contribution in [2.24, 2.45) is 11.1 Å². The molecule has 19 heavy (non-hydrogen) atoms. The van der Waals surface area contributed by atoms with Gasteiger partial charge in [-0.1, -0.05) is 36.7 Å². The van der Waals surface area contributed by atoms with Crippen molar-refractivity contribution in [1.82, 2.24) is 0 Å². The predicted octanol–water partition coefficient (Wildman–Crippen LogP) is 3.26. The summed E-state index contributed by atoms with van der Waals surface area (Å²) in [7, 11) is 0. The number of nitrogens with one attached hydrogen (secondary N) is 1. The van der Waals surface area contributed by atoms with Gasteiger partial charge in [0.2, 0.25) is 5.91 Å². The molecule has 1 aromatic rings. The Morgan fingerprint density at radius 2 is 2.05 bits per heavy atom. The van der Waals surface area contributed by atoms with E-state index in [1.807, 2.05) is 0 Å². The predicted molar refractivity (Wildman–Crippen MR) is 77.7 cm³/mol. The normalized spacial score (nSPS) is 17.2. The Morgan fingerprint density at radius 3 is 2.58 bits per heavy atom. The van der Waals surface area contributed by atoms with Gasteiger partial charge in [0.1, 0.15) is 5.82 Å². The van der Waals surface area contributed by atoms with Crippen molar-refractivity contribution >= 4 is 40.4 Å². The van der Waals surface area contributed by atoms with Gasteiger partial charge >= 0.3 is 0 Å². The van der Waals surface area contributed by atoms with E-state index in [4.69, 9.17) is 29.6 Å². The molecule has 0 radical (unpaired) electrons. The molecule has 6 heteroatoms. The molecule has 0 aliphatic heterocycles. The molecule has 3 N–H and O–H groups in total. The summed E-state index contributed by atoms with van der Waals surface area (Å²) in [6.07, 6.45) is 3.16. The highest BCUT2D eigenvalue weighted by Gasteiger charge is 2.43. The van der Waals surface area contributed by atoms with Gasteiger partial charge in [-0.3, -0.25) is 4.79 Å². The largest absolute Gasteiger partial charge is 0.392 e. The molecule has 2 rings (SSSR count). The van der Waals surface area contributed by atoms with Crippen LogP contribution in [-0.2, 0) is 4.79 Å². The lowest BCUT2D eigenvalue weighted by Crippen LogP contribution is -2.43. The number of nitrogens with two attached hydrogens (primary N) is 1. The quantitative estimate of drug-likeness (QED) is 0.842. The number of rotatable bonds is 3. The highest BCUT2D eigenvalue weighted by Crippen LogP contribution is 2.39. The maximum atomic E-state index is 13.1. The average Bonchev–Trinajstić information content (AvgIpc) is 2.84. The van der Waals surface area contributed by atoms with Crippen LogP contribution in [0.2, 0.25) is 5.02 Å². The summed E-state index contributed by atoms with van der Waals surface area (Å²) in [4.78, 5) is 12.6. The minimum Gasteiger partial charge on any atom is -0.392 e. The van der Waals surface area contributed by atoms with Crippen molar-refractivity contribution in [2.75, 3.05) is 5.32 Å². The fraction of sp³-hybridized carbons (Fsp3) is 0.385. The SMILES string of the molecule is NC(=S)C1(C(=O)Nc2ccc(F)c(Cl)c2)CCCC1. The van der Waals surface area contributed by atoms with Gasteiger partial charge < -0.3 is 11.1 Å². The third-order valence-corrected chi connectivity index (χ3v) is 4.22. The lowest BCUT2D eigenvalue weighted by molar-refractivity contribution is -0.122. The van der Waals surface area contributed by atoms with E-state index in [1.54, 1.807) is 0 Å². The molecule has 1 aliphatic rings. The van der Waals surface area contributed by atoms with Crippen molar-refractivity contribution in [1.29, 1.82) is 0 Å². The third kappa shape index (κ3) is 2.72. The van der Waals surface area contributed by atoms with E-state index in [0.717, 1.165) is 12.8 Å². The van der Waals surface area contributed by atoms with E-state index in [2.05, 4.69) is 5.32 Å². The zero-order chi connectivity index (χ0) is 14.0. The fourth-order valence-corrected chi connectivity index (χ4v) is 2.87. The van der Waals surface area contributed by atoms with Crippen molar-refractivity contribution in [3.63, 3.8) is 0 Å². The Balaban J connectivity index is 2.20. The number of carbonyl (C=O) groups is 1. The minimum absolute atomic E-state index is 0.0337. The Bertz CT molecular complexity index is 529. The van der Waals surface area contributed by atoms with Crippen molar-refractivity contribution in [3.8, 4) is 0 Å². The summed E-state index contributed by atoms with van der Waals surface area (Å²) in [6.45, 7) is 0. The van der Waals surface area contributed by atoms with Gasteiger partial charge in [0, 0.05) is 5.69 Å². The molecule has 102 valence electrons. The molecule has 1 fully saturated rings. The van der Waals surface area contributed by atoms with E-state index in [0.29, 0.717) is 18.5 Å². The van der Waals surface area contributed by atoms with E-state index < -0.39 is 11.2 Å². The number of halogens is 2. The van der Waals surface area contributed by atoms with Gasteiger partial charge in [-0.05, 0) is 31.0 Å². The van der Waals surface area contributed by atoms with Crippen LogP contribution in [0, 0.1) is 11.2 Å². The van der Waals surface area contributed by atoms with Crippen LogP contribution >= 0.6 is 23.8 Å². The first-order chi connectivity index (χ1) is 8.95. The van der Waals surface area contributed by atoms with Crippen LogP contribution in [0.25, 0.3) is 0 Å². The third-order valence-electron chi connectivity index (χ3n) is 3.54. The zero-order valence-corrected chi connectivity index (χ0v) is 11.8. The average molecular weight is 301 g/mol. The summed E-state index contributed by atoms with van der Waals surface area (Å²) < 4.78 is 13.1. The van der Waals surface area contributed by atoms with Crippen LogP contribution in [0.15, 0.2) is 18.2 Å². The van der Waals surface area contributed by atoms with Gasteiger partial charge in [-0.25, -0.2) is 4.39 Å². The van der Waals surface area contributed by atoms with Crippen molar-refractivity contribution in [3.05, 3.63) is 29.0 Å². The molecule has 0 atom stereocenters. The van der Waals surface area contributed by atoms with E-state index in [9.17, 15) is 9.18 Å². The number of thiocarbonyl (C=S) groups is 1. The van der Waals surface area contributed by atoms with E-state index in [-0.39, 0.29) is 15.9 Å². The molecule has 3 nitrogen and oxygen atoms in total. The monoisotopic (exact) mass is 300 g/mol. The molecular weight excluding hydrogens is 287 g/mol. The molecule has 0 heterocycles. The highest BCUT2D eigenvalue weighted by molar-refractivity contribution is 7.80. The van der Waals surface area contributed by atoms with Gasteiger partial charge in [0.15, 0.2) is 0 Å². The van der Waals surface area contributed by atoms with Gasteiger partial charge in [-0.2, -0.15) is 0 Å². The van der Waals surface area contributed by atoms with E-state index >= 15 is 0 Å². The maximum Gasteiger partial charge on any atom is 0.237 e. The Kier molecular flexibility index (Phi) is 4.06. The molecule has 0 saturated heterocycles. The van der Waals surface area contributed by atoms with Crippen LogP contribution in [0.5, 0.6) is 0 Å². The number of amides is 1. The molecule has 0 aromatic heterocycles. The standard InChI is InChI=1S/C13H14ClFN2OS/c14-9-7-8(3-4-10(9)15)17-12(18)13(11(16)19)5-1-2-6-13/h3-4,7H,1-2,5-6H2,(H2,16,19)(H,17,18). The number of anilines is 1. The Hall–Kier alpha value is -1.20. The lowest BCUT2D eigenvalue weighted by Gasteiger charge is -2.26. The summed E-state index contributed by atoms with van der Waals surface area (Å²) >= 11 is 10.7. The van der Waals surface area contributed by atoms with Crippen LogP contribution in [0.3, 0.4) is 0 Å². The summed E-state index contributed by atoms with van der Waals surface area (Å²) in [5.74, 6) is -0.759. The molecule has 1 aromatic carbocycles. The molecule has 0 spiro atoms. The van der Waals surface area contributed by atoms with Crippen molar-refractivity contribution < 1.29 is 9.18 Å². The highest BCUT2D eigenvalue weighted by atomic mass is 35.5. The topological polar surface area (TPSA) is 55.1 Å². The second-order valence-corrected chi connectivity index (χ2v) is 5.58. The molecular formula is C13H14ClFN2OS. The smallest absolute Gasteiger partial charge is 0.237 e. The van der Waals surface area contributed by atoms with Gasteiger partial charge in [0.25, 0.3) is 0 Å². The lowest BCUT2D eigenvalue weighted by atomic mass is 9.85. The Morgan fingerprint density at radius 1 is 1.42 bits per heavy atom.